The summed E-state index contributed by atoms with van der Waals surface area (Å²) in [5.41, 5.74) is 3.47. The second-order valence-electron chi connectivity index (χ2n) is 6.25. The van der Waals surface area contributed by atoms with Crippen molar-refractivity contribution in [3.63, 3.8) is 0 Å². The quantitative estimate of drug-likeness (QED) is 0.486. The number of aryl methyl sites for hydroxylation is 1. The minimum Gasteiger partial charge on any atom is -0.365 e. The number of amides is 1. The number of rotatable bonds is 8. The van der Waals surface area contributed by atoms with Crippen molar-refractivity contribution in [3.8, 4) is 0 Å². The Morgan fingerprint density at radius 3 is 2.50 bits per heavy atom. The number of nitrogens with one attached hydrogen (secondary N) is 2. The van der Waals surface area contributed by atoms with E-state index in [1.165, 1.54) is 22.9 Å². The van der Waals surface area contributed by atoms with Crippen molar-refractivity contribution in [2.45, 2.75) is 25.0 Å². The zero-order chi connectivity index (χ0) is 19.8. The Balaban J connectivity index is 1.41. The minimum atomic E-state index is -0.0378. The van der Waals surface area contributed by atoms with Gasteiger partial charge in [-0.3, -0.25) is 4.79 Å². The van der Waals surface area contributed by atoms with Crippen LogP contribution in [0.25, 0.3) is 0 Å². The molecule has 0 aliphatic rings. The molecule has 0 fully saturated rings. The minimum absolute atomic E-state index is 0.0378. The van der Waals surface area contributed by atoms with Crippen molar-refractivity contribution < 1.29 is 4.79 Å². The predicted molar refractivity (Wildman–Crippen MR) is 117 cm³/mol. The van der Waals surface area contributed by atoms with Crippen molar-refractivity contribution in [2.24, 2.45) is 0 Å². The number of thioether (sulfide) groups is 1. The molecule has 3 aromatic rings. The summed E-state index contributed by atoms with van der Waals surface area (Å²) < 4.78 is 0.988. The molecule has 0 saturated heterocycles. The Morgan fingerprint density at radius 1 is 1.00 bits per heavy atom. The molecule has 0 unspecified atom stereocenters. The average molecular weight is 457 g/mol. The molecule has 0 aliphatic heterocycles. The molecular weight excluding hydrogens is 436 g/mol. The third-order valence-electron chi connectivity index (χ3n) is 4.02. The van der Waals surface area contributed by atoms with Crippen LogP contribution in [0.2, 0.25) is 0 Å². The van der Waals surface area contributed by atoms with Crippen LogP contribution in [0.4, 0.5) is 5.82 Å². The topological polar surface area (TPSA) is 66.9 Å². The summed E-state index contributed by atoms with van der Waals surface area (Å²) >= 11 is 4.85. The first-order chi connectivity index (χ1) is 13.6. The first-order valence-corrected chi connectivity index (χ1v) is 10.6. The van der Waals surface area contributed by atoms with E-state index in [1.807, 2.05) is 36.4 Å². The third-order valence-corrected chi connectivity index (χ3v) is 5.71. The third kappa shape index (κ3) is 6.35. The Hall–Kier alpha value is -2.38. The summed E-state index contributed by atoms with van der Waals surface area (Å²) in [6.45, 7) is 3.26. The van der Waals surface area contributed by atoms with Gasteiger partial charge < -0.3 is 10.6 Å². The lowest BCUT2D eigenvalue weighted by Gasteiger charge is -2.07. The Kier molecular flexibility index (Phi) is 7.45. The molecule has 0 saturated carbocycles. The van der Waals surface area contributed by atoms with Gasteiger partial charge in [-0.2, -0.15) is 0 Å². The van der Waals surface area contributed by atoms with E-state index in [-0.39, 0.29) is 5.91 Å². The summed E-state index contributed by atoms with van der Waals surface area (Å²) in [4.78, 5) is 12.0. The Morgan fingerprint density at radius 2 is 1.79 bits per heavy atom. The molecule has 5 nitrogen and oxygen atoms in total. The largest absolute Gasteiger partial charge is 0.365 e. The number of hydrogen-bond acceptors (Lipinski definition) is 5. The summed E-state index contributed by atoms with van der Waals surface area (Å²) in [5.74, 6) is 0.974. The van der Waals surface area contributed by atoms with E-state index in [0.29, 0.717) is 24.7 Å². The molecule has 1 amide bonds. The number of benzene rings is 2. The Bertz CT molecular complexity index is 916. The van der Waals surface area contributed by atoms with Crippen molar-refractivity contribution in [2.75, 3.05) is 11.1 Å². The summed E-state index contributed by atoms with van der Waals surface area (Å²) in [6, 6.07) is 19.9. The number of nitrogens with zero attached hydrogens (tertiary/aromatic N) is 2. The van der Waals surface area contributed by atoms with Crippen molar-refractivity contribution >= 4 is 39.4 Å². The van der Waals surface area contributed by atoms with E-state index < -0.39 is 0 Å². The molecule has 3 rings (SSSR count). The molecule has 0 aliphatic carbocycles. The highest BCUT2D eigenvalue weighted by atomic mass is 79.9. The van der Waals surface area contributed by atoms with E-state index in [4.69, 9.17) is 0 Å². The lowest BCUT2D eigenvalue weighted by atomic mass is 10.1. The smallest absolute Gasteiger partial charge is 0.230 e. The molecule has 0 radical (unpaired) electrons. The summed E-state index contributed by atoms with van der Waals surface area (Å²) in [6.07, 6.45) is 0. The maximum absolute atomic E-state index is 12.0. The SMILES string of the molecule is Cc1ccc(CNc2ccc(SCC(=O)NCc3ccccc3Br)nn2)cc1. The first-order valence-electron chi connectivity index (χ1n) is 8.86. The molecule has 2 aromatic carbocycles. The second-order valence-corrected chi connectivity index (χ2v) is 8.10. The molecule has 0 spiro atoms. The molecule has 7 heteroatoms. The van der Waals surface area contributed by atoms with E-state index >= 15 is 0 Å². The fourth-order valence-electron chi connectivity index (χ4n) is 2.42. The van der Waals surface area contributed by atoms with Gasteiger partial charge in [0.2, 0.25) is 5.91 Å². The van der Waals surface area contributed by atoms with Crippen molar-refractivity contribution in [1.82, 2.24) is 15.5 Å². The maximum Gasteiger partial charge on any atom is 0.230 e. The number of carbonyl (C=O) groups is 1. The molecular formula is C21H21BrN4OS. The van der Waals surface area contributed by atoms with E-state index in [9.17, 15) is 4.79 Å². The number of anilines is 1. The molecule has 2 N–H and O–H groups in total. The van der Waals surface area contributed by atoms with Gasteiger partial charge in [-0.25, -0.2) is 0 Å². The van der Waals surface area contributed by atoms with Crippen LogP contribution in [-0.2, 0) is 17.9 Å². The van der Waals surface area contributed by atoms with Gasteiger partial charge in [-0.1, -0.05) is 75.7 Å². The van der Waals surface area contributed by atoms with Crippen molar-refractivity contribution in [1.29, 1.82) is 0 Å². The normalized spacial score (nSPS) is 10.5. The van der Waals surface area contributed by atoms with Gasteiger partial charge in [0.05, 0.1) is 5.75 Å². The summed E-state index contributed by atoms with van der Waals surface area (Å²) in [7, 11) is 0. The second kappa shape index (κ2) is 10.2. The zero-order valence-electron chi connectivity index (χ0n) is 15.5. The van der Waals surface area contributed by atoms with Crippen LogP contribution in [0.5, 0.6) is 0 Å². The summed E-state index contributed by atoms with van der Waals surface area (Å²) in [5, 5.41) is 15.2. The molecule has 1 heterocycles. The zero-order valence-corrected chi connectivity index (χ0v) is 17.9. The predicted octanol–water partition coefficient (Wildman–Crippen LogP) is 4.57. The van der Waals surface area contributed by atoms with E-state index in [2.05, 4.69) is 68.0 Å². The Labute approximate surface area is 177 Å². The van der Waals surface area contributed by atoms with Gasteiger partial charge in [-0.15, -0.1) is 10.2 Å². The molecule has 28 heavy (non-hydrogen) atoms. The fraction of sp³-hybridized carbons (Fsp3) is 0.190. The monoisotopic (exact) mass is 456 g/mol. The van der Waals surface area contributed by atoms with Gasteiger partial charge >= 0.3 is 0 Å². The molecule has 0 bridgehead atoms. The molecule has 144 valence electrons. The van der Waals surface area contributed by atoms with Crippen LogP contribution in [0.15, 0.2) is 70.2 Å². The number of hydrogen-bond donors (Lipinski definition) is 2. The van der Waals surface area contributed by atoms with Gasteiger partial charge in [0.15, 0.2) is 0 Å². The van der Waals surface area contributed by atoms with Gasteiger partial charge in [0.25, 0.3) is 0 Å². The number of halogens is 1. The van der Waals surface area contributed by atoms with Gasteiger partial charge in [-0.05, 0) is 36.2 Å². The highest BCUT2D eigenvalue weighted by Gasteiger charge is 2.06. The standard InChI is InChI=1S/C21H21BrN4OS/c1-15-6-8-16(9-7-15)12-23-19-10-11-21(26-25-19)28-14-20(27)24-13-17-4-2-3-5-18(17)22/h2-11H,12-14H2,1H3,(H,23,25)(H,24,27). The van der Waals surface area contributed by atoms with Crippen LogP contribution in [0.1, 0.15) is 16.7 Å². The van der Waals surface area contributed by atoms with Crippen LogP contribution >= 0.6 is 27.7 Å². The fourth-order valence-corrected chi connectivity index (χ4v) is 3.48. The molecule has 1 aromatic heterocycles. The van der Waals surface area contributed by atoms with Gasteiger partial charge in [0, 0.05) is 17.6 Å². The van der Waals surface area contributed by atoms with Crippen LogP contribution in [0, 0.1) is 6.92 Å². The lowest BCUT2D eigenvalue weighted by Crippen LogP contribution is -2.24. The van der Waals surface area contributed by atoms with E-state index in [1.54, 1.807) is 0 Å². The van der Waals surface area contributed by atoms with E-state index in [0.717, 1.165) is 15.1 Å². The number of carbonyl (C=O) groups excluding carboxylic acids is 1. The van der Waals surface area contributed by atoms with Crippen LogP contribution in [-0.4, -0.2) is 21.9 Å². The maximum atomic E-state index is 12.0. The molecule has 0 atom stereocenters. The lowest BCUT2D eigenvalue weighted by molar-refractivity contribution is -0.118. The highest BCUT2D eigenvalue weighted by Crippen LogP contribution is 2.17. The van der Waals surface area contributed by atoms with Crippen molar-refractivity contribution in [3.05, 3.63) is 81.8 Å². The average Bonchev–Trinajstić information content (AvgIpc) is 2.72. The highest BCUT2D eigenvalue weighted by molar-refractivity contribution is 9.10. The van der Waals surface area contributed by atoms with Gasteiger partial charge in [0.1, 0.15) is 10.8 Å². The van der Waals surface area contributed by atoms with Crippen LogP contribution in [0.3, 0.4) is 0 Å². The number of aromatic nitrogens is 2. The van der Waals surface area contributed by atoms with Crippen LogP contribution < -0.4 is 10.6 Å². The first kappa shape index (κ1) is 20.4.